The van der Waals surface area contributed by atoms with Crippen molar-refractivity contribution in [2.24, 2.45) is 0 Å². The van der Waals surface area contributed by atoms with Gasteiger partial charge >= 0.3 is 0 Å². The summed E-state index contributed by atoms with van der Waals surface area (Å²) in [5.74, 6) is 2.79. The highest BCUT2D eigenvalue weighted by Gasteiger charge is 2.30. The fourth-order valence-electron chi connectivity index (χ4n) is 3.48. The molecule has 1 aliphatic rings. The largest absolute Gasteiger partial charge is 0.492 e. The van der Waals surface area contributed by atoms with Gasteiger partial charge in [0.2, 0.25) is 0 Å². The molecule has 0 spiro atoms. The third-order valence-corrected chi connectivity index (χ3v) is 7.79. The van der Waals surface area contributed by atoms with E-state index in [0.29, 0.717) is 6.61 Å². The first-order valence-electron chi connectivity index (χ1n) is 8.53. The van der Waals surface area contributed by atoms with Crippen LogP contribution in [0.3, 0.4) is 0 Å². The smallest absolute Gasteiger partial charge is 0.119 e. The summed E-state index contributed by atoms with van der Waals surface area (Å²) in [4.78, 5) is 1.16. The number of para-hydroxylation sites is 2. The number of hydrogen-bond donors (Lipinski definition) is 1. The summed E-state index contributed by atoms with van der Waals surface area (Å²) in [6.45, 7) is 1.40. The lowest BCUT2D eigenvalue weighted by Crippen LogP contribution is -2.07. The molecule has 1 aliphatic heterocycles. The summed E-state index contributed by atoms with van der Waals surface area (Å²) in [5, 5.41) is 1.21. The van der Waals surface area contributed by atoms with E-state index in [2.05, 4.69) is 35.0 Å². The molecule has 0 saturated carbocycles. The van der Waals surface area contributed by atoms with Crippen LogP contribution in [-0.2, 0) is 6.54 Å². The van der Waals surface area contributed by atoms with Crippen LogP contribution in [0, 0.1) is 0 Å². The zero-order valence-corrected chi connectivity index (χ0v) is 14.5. The maximum atomic E-state index is 11.1. The summed E-state index contributed by atoms with van der Waals surface area (Å²) in [5.41, 5.74) is 1.19. The Morgan fingerprint density at radius 1 is 0.958 bits per heavy atom. The van der Waals surface area contributed by atoms with Gasteiger partial charge in [0.15, 0.2) is 0 Å². The third kappa shape index (κ3) is 2.92. The van der Waals surface area contributed by atoms with Gasteiger partial charge in [-0.05, 0) is 31.0 Å². The van der Waals surface area contributed by atoms with Gasteiger partial charge in [0.1, 0.15) is 12.4 Å². The van der Waals surface area contributed by atoms with Crippen LogP contribution >= 0.6 is 10.3 Å². The molecule has 2 heterocycles. The maximum Gasteiger partial charge on any atom is 0.119 e. The van der Waals surface area contributed by atoms with Gasteiger partial charge in [0, 0.05) is 33.5 Å². The molecule has 3 nitrogen and oxygen atoms in total. The van der Waals surface area contributed by atoms with Crippen molar-refractivity contribution in [1.82, 2.24) is 4.57 Å². The van der Waals surface area contributed by atoms with E-state index in [1.54, 1.807) is 0 Å². The van der Waals surface area contributed by atoms with Crippen molar-refractivity contribution < 1.29 is 9.29 Å². The van der Waals surface area contributed by atoms with Crippen LogP contribution in [0.4, 0.5) is 0 Å². The first-order chi connectivity index (χ1) is 11.8. The molecule has 0 radical (unpaired) electrons. The molecule has 0 aliphatic carbocycles. The lowest BCUT2D eigenvalue weighted by molar-refractivity contribution is 0.300. The first-order valence-corrected chi connectivity index (χ1v) is 10.5. The van der Waals surface area contributed by atoms with Crippen molar-refractivity contribution in [2.45, 2.75) is 24.3 Å². The molecule has 0 amide bonds. The molecule has 0 bridgehead atoms. The fourth-order valence-corrected chi connectivity index (χ4v) is 6.40. The molecule has 1 N–H and O–H groups in total. The zero-order chi connectivity index (χ0) is 16.4. The van der Waals surface area contributed by atoms with E-state index in [-0.39, 0.29) is 0 Å². The van der Waals surface area contributed by atoms with E-state index >= 15 is 0 Å². The Morgan fingerprint density at radius 2 is 1.67 bits per heavy atom. The molecule has 1 aromatic heterocycles. The number of aromatic nitrogens is 1. The molecular formula is C20H23NO2S. The van der Waals surface area contributed by atoms with Gasteiger partial charge in [-0.25, -0.2) is 0 Å². The number of rotatable bonds is 5. The van der Waals surface area contributed by atoms with Gasteiger partial charge in [-0.1, -0.05) is 36.4 Å². The van der Waals surface area contributed by atoms with E-state index in [1.807, 2.05) is 30.3 Å². The number of nitrogens with zero attached hydrogens (tertiary/aromatic N) is 1. The van der Waals surface area contributed by atoms with Crippen LogP contribution < -0.4 is 4.74 Å². The third-order valence-electron chi connectivity index (χ3n) is 4.72. The summed E-state index contributed by atoms with van der Waals surface area (Å²) in [6.07, 6.45) is 4.45. The van der Waals surface area contributed by atoms with Gasteiger partial charge < -0.3 is 13.9 Å². The summed E-state index contributed by atoms with van der Waals surface area (Å²) < 4.78 is 19.2. The Labute approximate surface area is 144 Å². The Bertz CT molecular complexity index is 822. The number of fused-ring (bicyclic) bond motifs is 1. The highest BCUT2D eigenvalue weighted by atomic mass is 32.3. The second-order valence-corrected chi connectivity index (χ2v) is 9.26. The van der Waals surface area contributed by atoms with Gasteiger partial charge in [-0.3, -0.25) is 0 Å². The zero-order valence-electron chi connectivity index (χ0n) is 13.7. The molecule has 4 rings (SSSR count). The van der Waals surface area contributed by atoms with Gasteiger partial charge in [-0.15, -0.1) is 10.3 Å². The highest BCUT2D eigenvalue weighted by molar-refractivity contribution is 8.29. The molecule has 1 fully saturated rings. The van der Waals surface area contributed by atoms with Crippen molar-refractivity contribution >= 4 is 21.2 Å². The quantitative estimate of drug-likeness (QED) is 0.696. The monoisotopic (exact) mass is 341 g/mol. The molecule has 4 heteroatoms. The van der Waals surface area contributed by atoms with E-state index in [4.69, 9.17) is 4.74 Å². The molecule has 24 heavy (non-hydrogen) atoms. The van der Waals surface area contributed by atoms with Crippen molar-refractivity contribution in [3.8, 4) is 5.75 Å². The molecule has 0 unspecified atom stereocenters. The number of hydrogen-bond acceptors (Lipinski definition) is 2. The van der Waals surface area contributed by atoms with Crippen LogP contribution in [0.15, 0.2) is 65.7 Å². The Kier molecular flexibility index (Phi) is 4.25. The lowest BCUT2D eigenvalue weighted by atomic mass is 10.2. The molecule has 126 valence electrons. The van der Waals surface area contributed by atoms with Crippen molar-refractivity contribution in [3.63, 3.8) is 0 Å². The summed E-state index contributed by atoms with van der Waals surface area (Å²) >= 11 is 0. The van der Waals surface area contributed by atoms with Gasteiger partial charge in [-0.2, -0.15) is 0 Å². The SMILES string of the molecule is OS1(c2cn(CCOc3ccccc3)c3ccccc23)CCCC1. The minimum absolute atomic E-state index is 0.621. The lowest BCUT2D eigenvalue weighted by Gasteiger charge is -2.27. The van der Waals surface area contributed by atoms with Crippen molar-refractivity contribution in [3.05, 3.63) is 60.8 Å². The predicted octanol–water partition coefficient (Wildman–Crippen LogP) is 5.15. The highest BCUT2D eigenvalue weighted by Crippen LogP contribution is 2.59. The average Bonchev–Trinajstić information content (AvgIpc) is 3.21. The predicted molar refractivity (Wildman–Crippen MR) is 101 cm³/mol. The molecule has 2 aromatic carbocycles. The van der Waals surface area contributed by atoms with E-state index in [1.165, 1.54) is 10.9 Å². The van der Waals surface area contributed by atoms with Crippen molar-refractivity contribution in [1.29, 1.82) is 0 Å². The second-order valence-electron chi connectivity index (χ2n) is 6.32. The Morgan fingerprint density at radius 3 is 2.46 bits per heavy atom. The topological polar surface area (TPSA) is 34.4 Å². The van der Waals surface area contributed by atoms with Crippen LogP contribution in [0.5, 0.6) is 5.75 Å². The van der Waals surface area contributed by atoms with E-state index in [9.17, 15) is 4.55 Å². The molecule has 1 saturated heterocycles. The first kappa shape index (κ1) is 15.6. The van der Waals surface area contributed by atoms with E-state index in [0.717, 1.165) is 41.5 Å². The van der Waals surface area contributed by atoms with Gasteiger partial charge in [0.25, 0.3) is 0 Å². The minimum Gasteiger partial charge on any atom is -0.492 e. The minimum atomic E-state index is -1.63. The van der Waals surface area contributed by atoms with Crippen LogP contribution in [0.2, 0.25) is 0 Å². The Hall–Kier alpha value is -1.91. The molecule has 0 atom stereocenters. The number of benzene rings is 2. The summed E-state index contributed by atoms with van der Waals surface area (Å²) in [7, 11) is -1.63. The fraction of sp³-hybridized carbons (Fsp3) is 0.300. The standard InChI is InChI=1S/C20H23NO2S/c22-24(14-6-7-15-24)20-16-21(19-11-5-4-10-18(19)20)12-13-23-17-8-2-1-3-9-17/h1-5,8-11,16,22H,6-7,12-15H2. The van der Waals surface area contributed by atoms with Crippen LogP contribution in [0.1, 0.15) is 12.8 Å². The second kappa shape index (κ2) is 6.54. The van der Waals surface area contributed by atoms with Crippen LogP contribution in [-0.4, -0.2) is 27.2 Å². The maximum absolute atomic E-state index is 11.1. The van der Waals surface area contributed by atoms with Gasteiger partial charge in [0.05, 0.1) is 6.54 Å². The summed E-state index contributed by atoms with van der Waals surface area (Å²) in [6, 6.07) is 18.3. The average molecular weight is 341 g/mol. The molecular weight excluding hydrogens is 318 g/mol. The number of ether oxygens (including phenoxy) is 1. The Balaban J connectivity index is 1.59. The van der Waals surface area contributed by atoms with Crippen molar-refractivity contribution in [2.75, 3.05) is 18.1 Å². The molecule has 3 aromatic rings. The normalized spacial score (nSPS) is 17.9. The van der Waals surface area contributed by atoms with E-state index < -0.39 is 10.3 Å². The van der Waals surface area contributed by atoms with Crippen LogP contribution in [0.25, 0.3) is 10.9 Å².